The second-order valence-corrected chi connectivity index (χ2v) is 4.50. The number of hydrogen-bond acceptors (Lipinski definition) is 4. The second-order valence-electron chi connectivity index (χ2n) is 4.50. The number of methoxy groups -OCH3 is 1. The van der Waals surface area contributed by atoms with E-state index in [1.54, 1.807) is 7.11 Å². The molecule has 2 rings (SSSR count). The average Bonchev–Trinajstić information content (AvgIpc) is 2.48. The van der Waals surface area contributed by atoms with Gasteiger partial charge in [-0.25, -0.2) is 11.6 Å². The van der Waals surface area contributed by atoms with Gasteiger partial charge in [0.15, 0.2) is 0 Å². The zero-order valence-corrected chi connectivity index (χ0v) is 11.7. The third-order valence-electron chi connectivity index (χ3n) is 3.14. The van der Waals surface area contributed by atoms with Gasteiger partial charge >= 0.3 is 0 Å². The van der Waals surface area contributed by atoms with Crippen molar-refractivity contribution in [3.8, 4) is 5.75 Å². The molecule has 0 bridgehead atoms. The number of rotatable bonds is 5. The first-order valence-corrected chi connectivity index (χ1v) is 6.48. The molecular formula is C15H16N4O2. The Hall–Kier alpha value is -2.81. The van der Waals surface area contributed by atoms with Crippen LogP contribution in [0.25, 0.3) is 4.85 Å². The normalized spacial score (nSPS) is 10.1. The summed E-state index contributed by atoms with van der Waals surface area (Å²) in [4.78, 5) is 22.1. The summed E-state index contributed by atoms with van der Waals surface area (Å²) in [5.41, 5.74) is 7.29. The largest absolute Gasteiger partial charge is 0.496 e. The number of para-hydroxylation sites is 1. The second kappa shape index (κ2) is 6.57. The fraction of sp³-hybridized carbons (Fsp3) is 0.267. The molecule has 21 heavy (non-hydrogen) atoms. The zero-order valence-electron chi connectivity index (χ0n) is 11.7. The number of aromatic nitrogens is 2. The van der Waals surface area contributed by atoms with Crippen molar-refractivity contribution >= 4 is 5.95 Å². The van der Waals surface area contributed by atoms with E-state index in [1.807, 2.05) is 24.3 Å². The summed E-state index contributed by atoms with van der Waals surface area (Å²) in [6, 6.07) is 7.49. The van der Waals surface area contributed by atoms with Crippen LogP contribution in [0.3, 0.4) is 0 Å². The third kappa shape index (κ3) is 3.39. The monoisotopic (exact) mass is 284 g/mol. The van der Waals surface area contributed by atoms with Crippen molar-refractivity contribution in [3.63, 3.8) is 0 Å². The van der Waals surface area contributed by atoms with Gasteiger partial charge in [-0.15, -0.1) is 0 Å². The molecule has 1 aromatic heterocycles. The third-order valence-corrected chi connectivity index (χ3v) is 3.14. The highest BCUT2D eigenvalue weighted by Crippen LogP contribution is 2.21. The first kappa shape index (κ1) is 14.6. The van der Waals surface area contributed by atoms with Crippen LogP contribution in [0.4, 0.5) is 5.95 Å². The number of nitrogens with one attached hydrogen (secondary N) is 1. The lowest BCUT2D eigenvalue weighted by molar-refractivity contribution is 0.410. The van der Waals surface area contributed by atoms with Crippen LogP contribution in [0.5, 0.6) is 5.75 Å². The quantitative estimate of drug-likeness (QED) is 0.813. The van der Waals surface area contributed by atoms with Crippen LogP contribution in [0.2, 0.25) is 0 Å². The smallest absolute Gasteiger partial charge is 0.256 e. The first-order chi connectivity index (χ1) is 10.2. The van der Waals surface area contributed by atoms with Crippen molar-refractivity contribution in [1.82, 2.24) is 9.97 Å². The van der Waals surface area contributed by atoms with Crippen molar-refractivity contribution in [2.45, 2.75) is 12.8 Å². The molecule has 0 spiro atoms. The lowest BCUT2D eigenvalue weighted by Crippen LogP contribution is -2.20. The molecule has 0 fully saturated rings. The Morgan fingerprint density at radius 3 is 2.90 bits per heavy atom. The van der Waals surface area contributed by atoms with Gasteiger partial charge in [-0.05, 0) is 11.6 Å². The lowest BCUT2D eigenvalue weighted by Gasteiger charge is -2.10. The summed E-state index contributed by atoms with van der Waals surface area (Å²) < 4.78 is 5.30. The summed E-state index contributed by atoms with van der Waals surface area (Å²) in [7, 11) is 1.59. The minimum Gasteiger partial charge on any atom is -0.496 e. The van der Waals surface area contributed by atoms with E-state index in [9.17, 15) is 4.79 Å². The van der Waals surface area contributed by atoms with Crippen LogP contribution in [0.15, 0.2) is 29.1 Å². The molecule has 1 heterocycles. The van der Waals surface area contributed by atoms with Crippen molar-refractivity contribution in [2.24, 2.45) is 0 Å². The molecule has 0 aliphatic heterocycles. The van der Waals surface area contributed by atoms with Crippen LogP contribution in [0.1, 0.15) is 16.8 Å². The average molecular weight is 284 g/mol. The molecule has 0 amide bonds. The topological polar surface area (TPSA) is 85.4 Å². The highest BCUT2D eigenvalue weighted by molar-refractivity contribution is 5.39. The summed E-state index contributed by atoms with van der Waals surface area (Å²) in [5.74, 6) is 0.786. The molecule has 2 aromatic rings. The van der Waals surface area contributed by atoms with Gasteiger partial charge in [-0.2, -0.15) is 0 Å². The standard InChI is InChI=1S/C15H16N4O2/c1-17-8-7-12-11(14(20)19-15(16)18-12)9-10-5-3-4-6-13(10)21-2/h3-6H,7-9H2,2H3,(H3,16,18,19,20). The summed E-state index contributed by atoms with van der Waals surface area (Å²) >= 11 is 0. The molecule has 6 heteroatoms. The molecule has 0 atom stereocenters. The molecule has 1 aromatic carbocycles. The van der Waals surface area contributed by atoms with Gasteiger partial charge in [0.2, 0.25) is 12.5 Å². The van der Waals surface area contributed by atoms with Crippen molar-refractivity contribution in [1.29, 1.82) is 0 Å². The Labute approximate surface area is 122 Å². The van der Waals surface area contributed by atoms with Crippen molar-refractivity contribution in [3.05, 3.63) is 62.9 Å². The van der Waals surface area contributed by atoms with E-state index in [0.29, 0.717) is 29.8 Å². The number of aromatic amines is 1. The Morgan fingerprint density at radius 1 is 1.43 bits per heavy atom. The van der Waals surface area contributed by atoms with Gasteiger partial charge in [0.25, 0.3) is 5.56 Å². The molecule has 0 aliphatic rings. The Kier molecular flexibility index (Phi) is 4.57. The number of nitrogen functional groups attached to an aromatic ring is 1. The van der Waals surface area contributed by atoms with Crippen LogP contribution in [-0.2, 0) is 12.8 Å². The number of nitrogens with two attached hydrogens (primary N) is 1. The summed E-state index contributed by atoms with van der Waals surface area (Å²) in [5, 5.41) is 0. The first-order valence-electron chi connectivity index (χ1n) is 6.48. The maximum atomic E-state index is 12.1. The molecule has 108 valence electrons. The SMILES string of the molecule is [C-]#[N+]CCc1nc(N)[nH]c(=O)c1Cc1ccccc1OC. The lowest BCUT2D eigenvalue weighted by atomic mass is 10.0. The van der Waals surface area contributed by atoms with Gasteiger partial charge in [-0.3, -0.25) is 9.78 Å². The van der Waals surface area contributed by atoms with Crippen LogP contribution in [0, 0.1) is 6.57 Å². The van der Waals surface area contributed by atoms with E-state index in [4.69, 9.17) is 17.0 Å². The molecule has 0 radical (unpaired) electrons. The maximum Gasteiger partial charge on any atom is 0.256 e. The fourth-order valence-corrected chi connectivity index (χ4v) is 2.15. The van der Waals surface area contributed by atoms with E-state index in [-0.39, 0.29) is 18.1 Å². The van der Waals surface area contributed by atoms with E-state index in [2.05, 4.69) is 14.8 Å². The van der Waals surface area contributed by atoms with E-state index in [0.717, 1.165) is 5.56 Å². The van der Waals surface area contributed by atoms with Crippen molar-refractivity contribution in [2.75, 3.05) is 19.4 Å². The fourth-order valence-electron chi connectivity index (χ4n) is 2.15. The molecule has 3 N–H and O–H groups in total. The number of hydrogen-bond donors (Lipinski definition) is 2. The highest BCUT2D eigenvalue weighted by atomic mass is 16.5. The number of benzene rings is 1. The highest BCUT2D eigenvalue weighted by Gasteiger charge is 2.14. The predicted octanol–water partition coefficient (Wildman–Crippen LogP) is 1.41. The zero-order chi connectivity index (χ0) is 15.2. The number of ether oxygens (including phenoxy) is 1. The van der Waals surface area contributed by atoms with Crippen molar-refractivity contribution < 1.29 is 4.74 Å². The van der Waals surface area contributed by atoms with Gasteiger partial charge in [0.05, 0.1) is 19.2 Å². The maximum absolute atomic E-state index is 12.1. The van der Waals surface area contributed by atoms with Gasteiger partial charge in [0.1, 0.15) is 5.75 Å². The van der Waals surface area contributed by atoms with Crippen LogP contribution in [-0.4, -0.2) is 23.6 Å². The molecule has 0 unspecified atom stereocenters. The molecular weight excluding hydrogens is 268 g/mol. The number of H-pyrrole nitrogens is 1. The number of anilines is 1. The Bertz CT molecular complexity index is 731. The van der Waals surface area contributed by atoms with Crippen LogP contribution >= 0.6 is 0 Å². The molecule has 6 nitrogen and oxygen atoms in total. The van der Waals surface area contributed by atoms with E-state index in [1.165, 1.54) is 0 Å². The Balaban J connectivity index is 2.43. The predicted molar refractivity (Wildman–Crippen MR) is 80.2 cm³/mol. The van der Waals surface area contributed by atoms with E-state index >= 15 is 0 Å². The number of nitrogens with zero attached hydrogens (tertiary/aromatic N) is 2. The van der Waals surface area contributed by atoms with Gasteiger partial charge in [-0.1, -0.05) is 18.2 Å². The summed E-state index contributed by atoms with van der Waals surface area (Å²) in [6.07, 6.45) is 0.794. The van der Waals surface area contributed by atoms with Crippen LogP contribution < -0.4 is 16.0 Å². The van der Waals surface area contributed by atoms with Gasteiger partial charge in [0, 0.05) is 12.0 Å². The molecule has 0 saturated heterocycles. The molecule has 0 aliphatic carbocycles. The van der Waals surface area contributed by atoms with Gasteiger partial charge < -0.3 is 15.3 Å². The minimum atomic E-state index is -0.270. The molecule has 0 saturated carbocycles. The Morgan fingerprint density at radius 2 is 2.19 bits per heavy atom. The van der Waals surface area contributed by atoms with E-state index < -0.39 is 0 Å². The summed E-state index contributed by atoms with van der Waals surface area (Å²) in [6.45, 7) is 7.15. The minimum absolute atomic E-state index is 0.0729.